The second kappa shape index (κ2) is 11.0. The van der Waals surface area contributed by atoms with Crippen molar-refractivity contribution in [2.45, 2.75) is 63.4 Å². The largest absolute Gasteiger partial charge is 0.493 e. The van der Waals surface area contributed by atoms with Crippen molar-refractivity contribution in [2.24, 2.45) is 5.92 Å². The van der Waals surface area contributed by atoms with Gasteiger partial charge in [0.1, 0.15) is 17.7 Å². The van der Waals surface area contributed by atoms with Crippen LogP contribution in [0.15, 0.2) is 65.5 Å². The topological polar surface area (TPSA) is 73.9 Å². The number of allylic oxidation sites excluding steroid dienone is 3. The molecule has 200 valence electrons. The van der Waals surface area contributed by atoms with E-state index in [-0.39, 0.29) is 30.0 Å². The molecule has 0 spiro atoms. The number of methoxy groups -OCH3 is 2. The summed E-state index contributed by atoms with van der Waals surface area (Å²) in [7, 11) is 3.17. The molecule has 1 fully saturated rings. The standard InChI is InChI=1S/C31H34FNO5/c1-18-28(31(35)38-23-7-5-4-6-8-23)29(19-9-12-22(32)13-10-19)30-24(33-18)15-21(16-25(30)34)20-11-14-26(36-2)27(17-20)37-3/h9-15,17,21,23,29-30,33H,4-8,16H2,1-3H3. The number of esters is 1. The number of rotatable bonds is 6. The Morgan fingerprint density at radius 1 is 0.921 bits per heavy atom. The van der Waals surface area contributed by atoms with Crippen LogP contribution >= 0.6 is 0 Å². The van der Waals surface area contributed by atoms with Gasteiger partial charge in [0.25, 0.3) is 0 Å². The molecule has 2 aromatic rings. The molecule has 3 aliphatic rings. The van der Waals surface area contributed by atoms with E-state index >= 15 is 0 Å². The lowest BCUT2D eigenvalue weighted by Gasteiger charge is -2.40. The monoisotopic (exact) mass is 519 g/mol. The first-order chi connectivity index (χ1) is 18.4. The van der Waals surface area contributed by atoms with Crippen molar-refractivity contribution >= 4 is 11.8 Å². The lowest BCUT2D eigenvalue weighted by atomic mass is 9.68. The lowest BCUT2D eigenvalue weighted by molar-refractivity contribution is -0.146. The molecule has 2 aliphatic carbocycles. The second-order valence-electron chi connectivity index (χ2n) is 10.3. The first kappa shape index (κ1) is 26.0. The molecule has 0 aromatic heterocycles. The number of hydrogen-bond donors (Lipinski definition) is 1. The lowest BCUT2D eigenvalue weighted by Crippen LogP contribution is -2.42. The highest BCUT2D eigenvalue weighted by Gasteiger charge is 2.45. The Labute approximate surface area is 222 Å². The van der Waals surface area contributed by atoms with E-state index in [4.69, 9.17) is 14.2 Å². The number of halogens is 1. The summed E-state index contributed by atoms with van der Waals surface area (Å²) in [4.78, 5) is 27.4. The molecule has 3 atom stereocenters. The fourth-order valence-corrected chi connectivity index (χ4v) is 6.07. The normalized spacial score (nSPS) is 23.7. The maximum atomic E-state index is 13.8. The summed E-state index contributed by atoms with van der Waals surface area (Å²) in [5.41, 5.74) is 3.51. The number of carbonyl (C=O) groups excluding carboxylic acids is 2. The molecule has 3 unspecified atom stereocenters. The first-order valence-electron chi connectivity index (χ1n) is 13.3. The fraction of sp³-hybridized carbons (Fsp3) is 0.419. The quantitative estimate of drug-likeness (QED) is 0.477. The molecule has 1 saturated carbocycles. The number of fused-ring (bicyclic) bond motifs is 1. The number of ketones is 1. The van der Waals surface area contributed by atoms with Crippen LogP contribution in [-0.2, 0) is 14.3 Å². The highest BCUT2D eigenvalue weighted by Crippen LogP contribution is 2.47. The van der Waals surface area contributed by atoms with Gasteiger partial charge >= 0.3 is 5.97 Å². The molecular weight excluding hydrogens is 485 g/mol. The molecule has 6 nitrogen and oxygen atoms in total. The summed E-state index contributed by atoms with van der Waals surface area (Å²) in [6.07, 6.45) is 7.17. The van der Waals surface area contributed by atoms with Crippen LogP contribution in [0, 0.1) is 11.7 Å². The van der Waals surface area contributed by atoms with Crippen LogP contribution in [0.2, 0.25) is 0 Å². The molecule has 5 rings (SSSR count). The molecule has 1 N–H and O–H groups in total. The Morgan fingerprint density at radius 3 is 2.29 bits per heavy atom. The molecule has 7 heteroatoms. The SMILES string of the molecule is COc1ccc(C2C=C3NC(C)=C(C(=O)OC4CCCCC4)C(c4ccc(F)cc4)C3C(=O)C2)cc1OC. The number of Topliss-reactive ketones (excluding diaryl/α,β-unsaturated/α-hetero) is 1. The van der Waals surface area contributed by atoms with Crippen LogP contribution in [0.25, 0.3) is 0 Å². The van der Waals surface area contributed by atoms with Gasteiger partial charge in [-0.05, 0) is 68.0 Å². The number of benzene rings is 2. The highest BCUT2D eigenvalue weighted by molar-refractivity contribution is 5.96. The van der Waals surface area contributed by atoms with E-state index in [0.717, 1.165) is 48.9 Å². The van der Waals surface area contributed by atoms with Crippen molar-refractivity contribution in [1.82, 2.24) is 5.32 Å². The van der Waals surface area contributed by atoms with E-state index in [9.17, 15) is 14.0 Å². The van der Waals surface area contributed by atoms with Gasteiger partial charge in [-0.3, -0.25) is 4.79 Å². The van der Waals surface area contributed by atoms with Gasteiger partial charge in [-0.15, -0.1) is 0 Å². The van der Waals surface area contributed by atoms with E-state index in [1.807, 2.05) is 25.1 Å². The smallest absolute Gasteiger partial charge is 0.336 e. The van der Waals surface area contributed by atoms with Crippen LogP contribution < -0.4 is 14.8 Å². The summed E-state index contributed by atoms with van der Waals surface area (Å²) < 4.78 is 30.6. The second-order valence-corrected chi connectivity index (χ2v) is 10.3. The number of ether oxygens (including phenoxy) is 3. The molecule has 1 heterocycles. The minimum atomic E-state index is -0.588. The highest BCUT2D eigenvalue weighted by atomic mass is 19.1. The minimum absolute atomic E-state index is 0.0135. The van der Waals surface area contributed by atoms with Crippen LogP contribution in [0.4, 0.5) is 4.39 Å². The van der Waals surface area contributed by atoms with Crippen LogP contribution in [0.5, 0.6) is 11.5 Å². The van der Waals surface area contributed by atoms with Gasteiger partial charge in [0.2, 0.25) is 0 Å². The minimum Gasteiger partial charge on any atom is -0.493 e. The predicted molar refractivity (Wildman–Crippen MR) is 141 cm³/mol. The first-order valence-corrected chi connectivity index (χ1v) is 13.3. The average Bonchev–Trinajstić information content (AvgIpc) is 2.92. The van der Waals surface area contributed by atoms with Crippen molar-refractivity contribution in [2.75, 3.05) is 14.2 Å². The maximum absolute atomic E-state index is 13.8. The number of nitrogens with one attached hydrogen (secondary N) is 1. The van der Waals surface area contributed by atoms with Crippen molar-refractivity contribution in [3.8, 4) is 11.5 Å². The Balaban J connectivity index is 1.54. The zero-order chi connectivity index (χ0) is 26.8. The summed E-state index contributed by atoms with van der Waals surface area (Å²) in [5.74, 6) is -0.844. The maximum Gasteiger partial charge on any atom is 0.336 e. The van der Waals surface area contributed by atoms with Gasteiger partial charge in [-0.2, -0.15) is 0 Å². The van der Waals surface area contributed by atoms with Crippen molar-refractivity contribution in [3.63, 3.8) is 0 Å². The Morgan fingerprint density at radius 2 is 1.61 bits per heavy atom. The van der Waals surface area contributed by atoms with Crippen LogP contribution in [0.1, 0.15) is 68.4 Å². The third kappa shape index (κ3) is 5.06. The molecule has 2 aromatic carbocycles. The summed E-state index contributed by atoms with van der Waals surface area (Å²) in [6.45, 7) is 1.84. The Kier molecular flexibility index (Phi) is 7.54. The third-order valence-electron chi connectivity index (χ3n) is 7.97. The molecule has 0 radical (unpaired) electrons. The van der Waals surface area contributed by atoms with Gasteiger partial charge in [0, 0.05) is 29.7 Å². The Hall–Kier alpha value is -3.61. The molecule has 0 saturated heterocycles. The van der Waals surface area contributed by atoms with Crippen molar-refractivity contribution < 1.29 is 28.2 Å². The van der Waals surface area contributed by atoms with Gasteiger partial charge in [-0.1, -0.05) is 30.7 Å². The third-order valence-corrected chi connectivity index (χ3v) is 7.97. The molecular formula is C31H34FNO5. The molecule has 0 bridgehead atoms. The van der Waals surface area contributed by atoms with Crippen LogP contribution in [-0.4, -0.2) is 32.1 Å². The van der Waals surface area contributed by atoms with Crippen molar-refractivity contribution in [3.05, 3.63) is 82.5 Å². The average molecular weight is 520 g/mol. The van der Waals surface area contributed by atoms with Gasteiger partial charge in [-0.25, -0.2) is 9.18 Å². The summed E-state index contributed by atoms with van der Waals surface area (Å²) >= 11 is 0. The zero-order valence-electron chi connectivity index (χ0n) is 22.1. The number of carbonyl (C=O) groups is 2. The van der Waals surface area contributed by atoms with E-state index in [1.165, 1.54) is 12.1 Å². The van der Waals surface area contributed by atoms with E-state index in [2.05, 4.69) is 11.4 Å². The van der Waals surface area contributed by atoms with Gasteiger partial charge in [0.05, 0.1) is 25.7 Å². The fourth-order valence-electron chi connectivity index (χ4n) is 6.07. The Bertz CT molecular complexity index is 1280. The van der Waals surface area contributed by atoms with Gasteiger partial charge in [0.15, 0.2) is 11.5 Å². The van der Waals surface area contributed by atoms with E-state index in [0.29, 0.717) is 22.8 Å². The number of hydrogen-bond acceptors (Lipinski definition) is 6. The summed E-state index contributed by atoms with van der Waals surface area (Å²) in [6, 6.07) is 11.7. The zero-order valence-corrected chi connectivity index (χ0v) is 22.1. The summed E-state index contributed by atoms with van der Waals surface area (Å²) in [5, 5.41) is 3.37. The van der Waals surface area contributed by atoms with E-state index in [1.54, 1.807) is 26.4 Å². The van der Waals surface area contributed by atoms with Gasteiger partial charge < -0.3 is 19.5 Å². The van der Waals surface area contributed by atoms with Crippen molar-refractivity contribution in [1.29, 1.82) is 0 Å². The predicted octanol–water partition coefficient (Wildman–Crippen LogP) is 5.94. The molecule has 38 heavy (non-hydrogen) atoms. The van der Waals surface area contributed by atoms with Crippen LogP contribution in [0.3, 0.4) is 0 Å². The molecule has 0 amide bonds. The van der Waals surface area contributed by atoms with E-state index < -0.39 is 17.8 Å². The molecule has 1 aliphatic heterocycles.